The highest BCUT2D eigenvalue weighted by Crippen LogP contribution is 2.33. The van der Waals surface area contributed by atoms with Crippen LogP contribution in [-0.4, -0.2) is 29.3 Å². The van der Waals surface area contributed by atoms with Crippen molar-refractivity contribution in [3.05, 3.63) is 40.4 Å². The minimum absolute atomic E-state index is 0.00562. The predicted octanol–water partition coefficient (Wildman–Crippen LogP) is 3.29. The Morgan fingerprint density at radius 3 is 2.62 bits per heavy atom. The molecule has 0 unspecified atom stereocenters. The van der Waals surface area contributed by atoms with Crippen LogP contribution in [0, 0.1) is 11.6 Å². The zero-order chi connectivity index (χ0) is 15.0. The summed E-state index contributed by atoms with van der Waals surface area (Å²) in [6.07, 6.45) is 0.735. The van der Waals surface area contributed by atoms with Crippen LogP contribution in [0.3, 0.4) is 0 Å². The van der Waals surface area contributed by atoms with E-state index in [4.69, 9.17) is 9.84 Å². The maximum atomic E-state index is 14.2. The van der Waals surface area contributed by atoms with Gasteiger partial charge in [0.2, 0.25) is 0 Å². The lowest BCUT2D eigenvalue weighted by Gasteiger charge is -2.10. The fraction of sp³-hybridized carbons (Fsp3) is 0.286. The van der Waals surface area contributed by atoms with E-state index in [1.807, 2.05) is 0 Å². The van der Waals surface area contributed by atoms with E-state index in [1.165, 1.54) is 17.5 Å². The van der Waals surface area contributed by atoms with Gasteiger partial charge in [-0.2, -0.15) is 0 Å². The molecule has 1 atom stereocenters. The van der Waals surface area contributed by atoms with Gasteiger partial charge in [0, 0.05) is 17.9 Å². The molecule has 0 saturated carbocycles. The molecule has 21 heavy (non-hydrogen) atoms. The van der Waals surface area contributed by atoms with E-state index in [0.717, 1.165) is 17.8 Å². The van der Waals surface area contributed by atoms with Crippen molar-refractivity contribution in [2.75, 3.05) is 13.2 Å². The molecule has 1 aliphatic rings. The van der Waals surface area contributed by atoms with Crippen LogP contribution in [0.2, 0.25) is 0 Å². The van der Waals surface area contributed by atoms with Gasteiger partial charge in [0.1, 0.15) is 16.6 Å². The molecule has 0 radical (unpaired) electrons. The van der Waals surface area contributed by atoms with Crippen molar-refractivity contribution in [2.24, 2.45) is 0 Å². The van der Waals surface area contributed by atoms with Gasteiger partial charge >= 0.3 is 5.97 Å². The third-order valence-electron chi connectivity index (χ3n) is 3.40. The number of carboxylic acid groups (broad SMARTS) is 1. The molecule has 0 spiro atoms. The summed E-state index contributed by atoms with van der Waals surface area (Å²) < 4.78 is 33.6. The molecule has 0 amide bonds. The standard InChI is InChI=1S/C14H11F2NO3S/c15-9-3-8(7-1-2-20-5-7)4-10(16)12(9)13-17-11(6-21-13)14(18)19/h3-4,6-7H,1-2,5H2,(H,18,19)/t7-/m0/s1. The number of nitrogens with zero attached hydrogens (tertiary/aromatic N) is 1. The van der Waals surface area contributed by atoms with Crippen molar-refractivity contribution in [2.45, 2.75) is 12.3 Å². The normalized spacial score (nSPS) is 18.1. The van der Waals surface area contributed by atoms with E-state index in [-0.39, 0.29) is 22.2 Å². The second-order valence-corrected chi connectivity index (χ2v) is 5.62. The summed E-state index contributed by atoms with van der Waals surface area (Å²) in [6, 6.07) is 2.55. The fourth-order valence-electron chi connectivity index (χ4n) is 2.32. The summed E-state index contributed by atoms with van der Waals surface area (Å²) in [5, 5.41) is 10.1. The number of aromatic carboxylic acids is 1. The first-order valence-electron chi connectivity index (χ1n) is 6.32. The molecule has 4 nitrogen and oxygen atoms in total. The Morgan fingerprint density at radius 2 is 2.10 bits per heavy atom. The number of rotatable bonds is 3. The number of hydrogen-bond donors (Lipinski definition) is 1. The van der Waals surface area contributed by atoms with Crippen LogP contribution >= 0.6 is 11.3 Å². The topological polar surface area (TPSA) is 59.4 Å². The van der Waals surface area contributed by atoms with Crippen molar-refractivity contribution in [1.82, 2.24) is 4.98 Å². The number of thiazole rings is 1. The molecule has 1 aromatic heterocycles. The molecule has 2 heterocycles. The minimum atomic E-state index is -1.22. The molecule has 1 fully saturated rings. The number of benzene rings is 1. The summed E-state index contributed by atoms with van der Waals surface area (Å²) in [7, 11) is 0. The number of aromatic nitrogens is 1. The van der Waals surface area contributed by atoms with Gasteiger partial charge in [0.15, 0.2) is 5.69 Å². The largest absolute Gasteiger partial charge is 0.476 e. The molecule has 1 N–H and O–H groups in total. The van der Waals surface area contributed by atoms with Gasteiger partial charge in [-0.05, 0) is 24.1 Å². The van der Waals surface area contributed by atoms with Gasteiger partial charge in [-0.25, -0.2) is 18.6 Å². The number of ether oxygens (including phenoxy) is 1. The first-order valence-corrected chi connectivity index (χ1v) is 7.20. The van der Waals surface area contributed by atoms with Gasteiger partial charge in [0.05, 0.1) is 12.2 Å². The van der Waals surface area contributed by atoms with Gasteiger partial charge in [-0.3, -0.25) is 0 Å². The molecule has 1 aromatic carbocycles. The lowest BCUT2D eigenvalue weighted by molar-refractivity contribution is 0.0691. The minimum Gasteiger partial charge on any atom is -0.476 e. The van der Waals surface area contributed by atoms with Crippen LogP contribution in [0.1, 0.15) is 28.4 Å². The summed E-state index contributed by atoms with van der Waals surface area (Å²) >= 11 is 0.901. The highest BCUT2D eigenvalue weighted by atomic mass is 32.1. The highest BCUT2D eigenvalue weighted by molar-refractivity contribution is 7.13. The van der Waals surface area contributed by atoms with Crippen LogP contribution in [0.4, 0.5) is 8.78 Å². The second-order valence-electron chi connectivity index (χ2n) is 4.76. The molecule has 3 rings (SSSR count). The Bertz CT molecular complexity index is 672. The second kappa shape index (κ2) is 5.50. The van der Waals surface area contributed by atoms with Gasteiger partial charge in [-0.1, -0.05) is 0 Å². The van der Waals surface area contributed by atoms with Crippen molar-refractivity contribution >= 4 is 17.3 Å². The smallest absolute Gasteiger partial charge is 0.355 e. The number of carboxylic acids is 1. The number of hydrogen-bond acceptors (Lipinski definition) is 4. The Balaban J connectivity index is 2.00. The Morgan fingerprint density at radius 1 is 1.38 bits per heavy atom. The maximum absolute atomic E-state index is 14.2. The van der Waals surface area contributed by atoms with E-state index in [0.29, 0.717) is 18.8 Å². The molecule has 1 saturated heterocycles. The Labute approximate surface area is 123 Å². The molecular weight excluding hydrogens is 300 g/mol. The first kappa shape index (κ1) is 14.1. The lowest BCUT2D eigenvalue weighted by Crippen LogP contribution is -2.02. The van der Waals surface area contributed by atoms with Gasteiger partial charge in [0.25, 0.3) is 0 Å². The maximum Gasteiger partial charge on any atom is 0.355 e. The lowest BCUT2D eigenvalue weighted by atomic mass is 9.97. The Hall–Kier alpha value is -1.86. The zero-order valence-electron chi connectivity index (χ0n) is 10.8. The summed E-state index contributed by atoms with van der Waals surface area (Å²) in [6.45, 7) is 1.04. The van der Waals surface area contributed by atoms with Crippen molar-refractivity contribution in [3.63, 3.8) is 0 Å². The van der Waals surface area contributed by atoms with E-state index in [2.05, 4.69) is 4.98 Å². The average molecular weight is 311 g/mol. The van der Waals surface area contributed by atoms with Crippen LogP contribution < -0.4 is 0 Å². The van der Waals surface area contributed by atoms with E-state index in [1.54, 1.807) is 0 Å². The fourth-order valence-corrected chi connectivity index (χ4v) is 3.16. The van der Waals surface area contributed by atoms with Crippen LogP contribution in [0.15, 0.2) is 17.5 Å². The quantitative estimate of drug-likeness (QED) is 0.945. The van der Waals surface area contributed by atoms with Gasteiger partial charge in [-0.15, -0.1) is 11.3 Å². The van der Waals surface area contributed by atoms with E-state index < -0.39 is 17.6 Å². The Kier molecular flexibility index (Phi) is 3.69. The third-order valence-corrected chi connectivity index (χ3v) is 4.26. The van der Waals surface area contributed by atoms with Crippen LogP contribution in [-0.2, 0) is 4.74 Å². The summed E-state index contributed by atoms with van der Waals surface area (Å²) in [4.78, 5) is 14.5. The van der Waals surface area contributed by atoms with Crippen LogP contribution in [0.5, 0.6) is 0 Å². The molecule has 0 aliphatic carbocycles. The molecule has 1 aliphatic heterocycles. The van der Waals surface area contributed by atoms with Crippen molar-refractivity contribution in [1.29, 1.82) is 0 Å². The summed E-state index contributed by atoms with van der Waals surface area (Å²) in [5.41, 5.74) is 0.0542. The molecule has 7 heteroatoms. The summed E-state index contributed by atoms with van der Waals surface area (Å²) in [5.74, 6) is -2.70. The SMILES string of the molecule is O=C(O)c1csc(-c2c(F)cc([C@H]3CCOC3)cc2F)n1. The molecule has 110 valence electrons. The third kappa shape index (κ3) is 2.66. The van der Waals surface area contributed by atoms with E-state index >= 15 is 0 Å². The number of carbonyl (C=O) groups is 1. The van der Waals surface area contributed by atoms with Crippen molar-refractivity contribution < 1.29 is 23.4 Å². The predicted molar refractivity (Wildman–Crippen MR) is 72.6 cm³/mol. The first-order chi connectivity index (χ1) is 10.1. The molecular formula is C14H11F2NO3S. The zero-order valence-corrected chi connectivity index (χ0v) is 11.6. The van der Waals surface area contributed by atoms with Gasteiger partial charge < -0.3 is 9.84 Å². The van der Waals surface area contributed by atoms with E-state index in [9.17, 15) is 13.6 Å². The average Bonchev–Trinajstić information content (AvgIpc) is 3.09. The number of halogens is 2. The van der Waals surface area contributed by atoms with Crippen LogP contribution in [0.25, 0.3) is 10.6 Å². The monoisotopic (exact) mass is 311 g/mol. The van der Waals surface area contributed by atoms with Crippen molar-refractivity contribution in [3.8, 4) is 10.6 Å². The molecule has 2 aromatic rings. The highest BCUT2D eigenvalue weighted by Gasteiger charge is 2.23. The molecule has 0 bridgehead atoms.